The summed E-state index contributed by atoms with van der Waals surface area (Å²) in [5, 5.41) is 2.92. The number of hydrogen-bond donors (Lipinski definition) is 1. The lowest BCUT2D eigenvalue weighted by molar-refractivity contribution is 0.595. The van der Waals surface area contributed by atoms with Gasteiger partial charge in [-0.15, -0.1) is 0 Å². The van der Waals surface area contributed by atoms with Gasteiger partial charge in [0.1, 0.15) is 11.6 Å². The molecule has 1 N–H and O–H groups in total. The molecule has 1 aromatic heterocycles. The van der Waals surface area contributed by atoms with Crippen LogP contribution in [0.1, 0.15) is 18.5 Å². The van der Waals surface area contributed by atoms with Crippen LogP contribution in [-0.2, 0) is 0 Å². The van der Waals surface area contributed by atoms with Gasteiger partial charge < -0.3 is 5.32 Å². The first kappa shape index (κ1) is 13.0. The number of anilines is 1. The van der Waals surface area contributed by atoms with Crippen molar-refractivity contribution in [1.29, 1.82) is 0 Å². The number of pyridine rings is 1. The van der Waals surface area contributed by atoms with Gasteiger partial charge in [0.2, 0.25) is 0 Å². The summed E-state index contributed by atoms with van der Waals surface area (Å²) in [6.07, 6.45) is 3.35. The third-order valence-electron chi connectivity index (χ3n) is 2.57. The average Bonchev–Trinajstić information content (AvgIpc) is 2.37. The van der Waals surface area contributed by atoms with Gasteiger partial charge in [0.25, 0.3) is 0 Å². The van der Waals surface area contributed by atoms with Gasteiger partial charge in [-0.1, -0.05) is 6.07 Å². The molecule has 5 heteroatoms. The maximum Gasteiger partial charge on any atom is 0.147 e. The summed E-state index contributed by atoms with van der Waals surface area (Å²) in [5.41, 5.74) is 1.03. The van der Waals surface area contributed by atoms with Crippen molar-refractivity contribution in [2.24, 2.45) is 0 Å². The maximum absolute atomic E-state index is 13.6. The first-order chi connectivity index (χ1) is 8.58. The standard InChI is InChI=1S/C13H11BrF2N2/c1-8(9-3-2-4-17-7-9)18-13-6-11(15)10(14)5-12(13)16/h2-8,18H,1H3. The molecule has 18 heavy (non-hydrogen) atoms. The molecule has 2 aromatic rings. The van der Waals surface area contributed by atoms with Crippen molar-refractivity contribution in [3.63, 3.8) is 0 Å². The summed E-state index contributed by atoms with van der Waals surface area (Å²) in [4.78, 5) is 3.99. The third-order valence-corrected chi connectivity index (χ3v) is 3.17. The van der Waals surface area contributed by atoms with Crippen LogP contribution in [0.3, 0.4) is 0 Å². The van der Waals surface area contributed by atoms with E-state index in [0.29, 0.717) is 0 Å². The number of rotatable bonds is 3. The van der Waals surface area contributed by atoms with Crippen molar-refractivity contribution >= 4 is 21.6 Å². The highest BCUT2D eigenvalue weighted by Gasteiger charge is 2.11. The molecule has 0 saturated carbocycles. The van der Waals surface area contributed by atoms with Gasteiger partial charge in [-0.25, -0.2) is 8.78 Å². The van der Waals surface area contributed by atoms with Crippen molar-refractivity contribution < 1.29 is 8.78 Å². The Hall–Kier alpha value is -1.49. The number of hydrogen-bond acceptors (Lipinski definition) is 2. The average molecular weight is 313 g/mol. The fourth-order valence-electron chi connectivity index (χ4n) is 1.58. The zero-order valence-corrected chi connectivity index (χ0v) is 11.2. The zero-order valence-electron chi connectivity index (χ0n) is 9.62. The lowest BCUT2D eigenvalue weighted by Gasteiger charge is -2.16. The van der Waals surface area contributed by atoms with E-state index in [1.54, 1.807) is 18.5 Å². The van der Waals surface area contributed by atoms with E-state index in [9.17, 15) is 8.78 Å². The van der Waals surface area contributed by atoms with Crippen LogP contribution in [0.4, 0.5) is 14.5 Å². The van der Waals surface area contributed by atoms with Crippen LogP contribution < -0.4 is 5.32 Å². The van der Waals surface area contributed by atoms with Crippen LogP contribution in [0.15, 0.2) is 41.1 Å². The Morgan fingerprint density at radius 1 is 1.28 bits per heavy atom. The Kier molecular flexibility index (Phi) is 3.91. The zero-order chi connectivity index (χ0) is 13.1. The monoisotopic (exact) mass is 312 g/mol. The van der Waals surface area contributed by atoms with Crippen LogP contribution in [0.25, 0.3) is 0 Å². The summed E-state index contributed by atoms with van der Waals surface area (Å²) < 4.78 is 27.1. The summed E-state index contributed by atoms with van der Waals surface area (Å²) in [5.74, 6) is -1.00. The Morgan fingerprint density at radius 3 is 2.72 bits per heavy atom. The van der Waals surface area contributed by atoms with Crippen molar-refractivity contribution in [3.8, 4) is 0 Å². The minimum Gasteiger partial charge on any atom is -0.376 e. The van der Waals surface area contributed by atoms with Gasteiger partial charge in [-0.2, -0.15) is 0 Å². The van der Waals surface area contributed by atoms with Crippen LogP contribution >= 0.6 is 15.9 Å². The molecule has 1 atom stereocenters. The molecule has 0 aliphatic rings. The topological polar surface area (TPSA) is 24.9 Å². The van der Waals surface area contributed by atoms with Crippen LogP contribution in [-0.4, -0.2) is 4.98 Å². The van der Waals surface area contributed by atoms with Crippen molar-refractivity contribution in [1.82, 2.24) is 4.98 Å². The van der Waals surface area contributed by atoms with Gasteiger partial charge in [0.05, 0.1) is 16.2 Å². The van der Waals surface area contributed by atoms with Gasteiger partial charge >= 0.3 is 0 Å². The fraction of sp³-hybridized carbons (Fsp3) is 0.154. The number of aromatic nitrogens is 1. The predicted octanol–water partition coefficient (Wildman–Crippen LogP) is 4.30. The minimum atomic E-state index is -0.503. The number of nitrogens with zero attached hydrogens (tertiary/aromatic N) is 1. The first-order valence-corrected chi connectivity index (χ1v) is 6.18. The van der Waals surface area contributed by atoms with Crippen LogP contribution in [0, 0.1) is 11.6 Å². The van der Waals surface area contributed by atoms with Gasteiger partial charge in [-0.3, -0.25) is 4.98 Å². The smallest absolute Gasteiger partial charge is 0.147 e. The number of benzene rings is 1. The minimum absolute atomic E-state index is 0.111. The van der Waals surface area contributed by atoms with Crippen LogP contribution in [0.5, 0.6) is 0 Å². The molecule has 0 amide bonds. The number of nitrogens with one attached hydrogen (secondary N) is 1. The molecule has 0 aliphatic carbocycles. The van der Waals surface area contributed by atoms with Crippen molar-refractivity contribution in [2.45, 2.75) is 13.0 Å². The molecule has 1 heterocycles. The molecule has 0 saturated heterocycles. The van der Waals surface area contributed by atoms with Crippen LogP contribution in [0.2, 0.25) is 0 Å². The van der Waals surface area contributed by atoms with E-state index in [2.05, 4.69) is 26.2 Å². The highest BCUT2D eigenvalue weighted by atomic mass is 79.9. The molecule has 0 spiro atoms. The second kappa shape index (κ2) is 5.44. The largest absolute Gasteiger partial charge is 0.376 e. The summed E-state index contributed by atoms with van der Waals surface area (Å²) in [7, 11) is 0. The normalized spacial score (nSPS) is 12.2. The van der Waals surface area contributed by atoms with Gasteiger partial charge in [-0.05, 0) is 40.5 Å². The summed E-state index contributed by atoms with van der Waals surface area (Å²) in [6, 6.07) is 5.75. The Balaban J connectivity index is 2.22. The highest BCUT2D eigenvalue weighted by molar-refractivity contribution is 9.10. The Labute approximate surface area is 112 Å². The maximum atomic E-state index is 13.6. The molecular weight excluding hydrogens is 302 g/mol. The molecule has 2 nitrogen and oxygen atoms in total. The fourth-order valence-corrected chi connectivity index (χ4v) is 1.90. The Bertz CT molecular complexity index is 546. The quantitative estimate of drug-likeness (QED) is 0.855. The van der Waals surface area contributed by atoms with E-state index in [0.717, 1.165) is 17.7 Å². The number of halogens is 3. The molecule has 94 valence electrons. The molecule has 1 unspecified atom stereocenters. The SMILES string of the molecule is CC(Nc1cc(F)c(Br)cc1F)c1cccnc1. The van der Waals surface area contributed by atoms with E-state index in [1.165, 1.54) is 0 Å². The molecule has 0 radical (unpaired) electrons. The Morgan fingerprint density at radius 2 is 2.06 bits per heavy atom. The molecule has 2 rings (SSSR count). The van der Waals surface area contributed by atoms with E-state index in [4.69, 9.17) is 0 Å². The van der Waals surface area contributed by atoms with E-state index in [-0.39, 0.29) is 16.2 Å². The van der Waals surface area contributed by atoms with Gasteiger partial charge in [0.15, 0.2) is 0 Å². The van der Waals surface area contributed by atoms with Gasteiger partial charge in [0, 0.05) is 18.5 Å². The summed E-state index contributed by atoms with van der Waals surface area (Å²) in [6.45, 7) is 1.86. The van der Waals surface area contributed by atoms with Crippen molar-refractivity contribution in [3.05, 3.63) is 58.3 Å². The second-order valence-electron chi connectivity index (χ2n) is 3.90. The molecule has 0 bridgehead atoms. The highest BCUT2D eigenvalue weighted by Crippen LogP contribution is 2.26. The third kappa shape index (κ3) is 2.85. The van der Waals surface area contributed by atoms with E-state index < -0.39 is 11.6 Å². The molecule has 1 aromatic carbocycles. The molecule has 0 fully saturated rings. The molecule has 0 aliphatic heterocycles. The second-order valence-corrected chi connectivity index (χ2v) is 4.75. The lowest BCUT2D eigenvalue weighted by atomic mass is 10.1. The van der Waals surface area contributed by atoms with Crippen molar-refractivity contribution in [2.75, 3.05) is 5.32 Å². The predicted molar refractivity (Wildman–Crippen MR) is 70.3 cm³/mol. The lowest BCUT2D eigenvalue weighted by Crippen LogP contribution is -2.08. The van der Waals surface area contributed by atoms with E-state index >= 15 is 0 Å². The molecular formula is C13H11BrF2N2. The summed E-state index contributed by atoms with van der Waals surface area (Å²) >= 11 is 2.94. The first-order valence-electron chi connectivity index (χ1n) is 5.39. The van der Waals surface area contributed by atoms with E-state index in [1.807, 2.05) is 13.0 Å².